The highest BCUT2D eigenvalue weighted by molar-refractivity contribution is 7.06. The zero-order valence-electron chi connectivity index (χ0n) is 18.1. The predicted molar refractivity (Wildman–Crippen MR) is 110 cm³/mol. The van der Waals surface area contributed by atoms with Crippen LogP contribution in [0.3, 0.4) is 0 Å². The van der Waals surface area contributed by atoms with Gasteiger partial charge in [-0.05, 0) is 69.4 Å². The van der Waals surface area contributed by atoms with Gasteiger partial charge in [-0.1, -0.05) is 0 Å². The van der Waals surface area contributed by atoms with E-state index in [4.69, 9.17) is 4.74 Å². The second-order valence-corrected chi connectivity index (χ2v) is 10.3. The average Bonchev–Trinajstić information content (AvgIpc) is 2.99. The van der Waals surface area contributed by atoms with E-state index in [0.717, 1.165) is 23.7 Å². The van der Waals surface area contributed by atoms with Crippen LogP contribution in [0, 0.1) is 11.2 Å². The molecule has 1 amide bonds. The molecule has 0 N–H and O–H groups in total. The maximum absolute atomic E-state index is 15.0. The monoisotopic (exact) mass is 492 g/mol. The minimum absolute atomic E-state index is 0.0431. The largest absolute Gasteiger partial charge is 0.444 e. The molecule has 11 heteroatoms. The SMILES string of the molecule is CC(C)(C)OC(=O)N1CCC2(CC1)C(c1cc(-c3ccc(F)cc3C(F)(F)F)ns1)C2(F)F. The molecule has 2 heterocycles. The maximum Gasteiger partial charge on any atom is 0.417 e. The summed E-state index contributed by atoms with van der Waals surface area (Å²) in [5, 5.41) is 0. The fraction of sp³-hybridized carbons (Fsp3) is 0.545. The molecule has 33 heavy (non-hydrogen) atoms. The van der Waals surface area contributed by atoms with E-state index in [1.165, 1.54) is 11.0 Å². The van der Waals surface area contributed by atoms with Crippen molar-refractivity contribution < 1.29 is 35.9 Å². The molecule has 1 aliphatic carbocycles. The summed E-state index contributed by atoms with van der Waals surface area (Å²) >= 11 is 0.727. The molecule has 0 bridgehead atoms. The molecule has 0 radical (unpaired) electrons. The lowest BCUT2D eigenvalue weighted by atomic mass is 9.90. The average molecular weight is 492 g/mol. The fourth-order valence-corrected chi connectivity index (χ4v) is 5.52. The van der Waals surface area contributed by atoms with Crippen LogP contribution in [0.25, 0.3) is 11.3 Å². The third-order valence-electron chi connectivity index (χ3n) is 6.18. The smallest absolute Gasteiger partial charge is 0.417 e. The van der Waals surface area contributed by atoms with Gasteiger partial charge in [-0.3, -0.25) is 0 Å². The molecule has 2 fully saturated rings. The van der Waals surface area contributed by atoms with Gasteiger partial charge < -0.3 is 9.64 Å². The molecule has 1 aromatic carbocycles. The van der Waals surface area contributed by atoms with E-state index >= 15 is 0 Å². The van der Waals surface area contributed by atoms with E-state index in [1.54, 1.807) is 20.8 Å². The van der Waals surface area contributed by atoms with Gasteiger partial charge in [0, 0.05) is 23.5 Å². The highest BCUT2D eigenvalue weighted by atomic mass is 32.1. The van der Waals surface area contributed by atoms with Crippen molar-refractivity contribution in [3.63, 3.8) is 0 Å². The van der Waals surface area contributed by atoms with Gasteiger partial charge in [0.2, 0.25) is 0 Å². The Balaban J connectivity index is 1.54. The number of alkyl halides is 5. The Bertz CT molecular complexity index is 1070. The number of carbonyl (C=O) groups excluding carboxylic acids is 1. The van der Waals surface area contributed by atoms with Gasteiger partial charge in [-0.2, -0.15) is 17.5 Å². The third kappa shape index (κ3) is 4.20. The van der Waals surface area contributed by atoms with Crippen LogP contribution < -0.4 is 0 Å². The van der Waals surface area contributed by atoms with Crippen molar-refractivity contribution in [1.29, 1.82) is 0 Å². The number of hydrogen-bond donors (Lipinski definition) is 0. The summed E-state index contributed by atoms with van der Waals surface area (Å²) in [5.41, 5.74) is -3.75. The highest BCUT2D eigenvalue weighted by Gasteiger charge is 2.81. The first-order valence-corrected chi connectivity index (χ1v) is 11.1. The molecule has 1 aromatic heterocycles. The van der Waals surface area contributed by atoms with Crippen LogP contribution in [0.1, 0.15) is 50.0 Å². The standard InChI is InChI=1S/C22H22F6N2O2S/c1-19(2,3)32-18(31)30-8-6-20(7-9-30)17(21(20,24)25)16-11-15(29-33-16)13-5-4-12(23)10-14(13)22(26,27)28/h4-5,10-11,17H,6-9H2,1-3H3. The molecule has 1 spiro atoms. The Morgan fingerprint density at radius 2 is 1.79 bits per heavy atom. The van der Waals surface area contributed by atoms with E-state index in [2.05, 4.69) is 4.37 Å². The van der Waals surface area contributed by atoms with E-state index < -0.39 is 46.5 Å². The number of hydrogen-bond acceptors (Lipinski definition) is 4. The normalized spacial score (nSPS) is 21.8. The van der Waals surface area contributed by atoms with E-state index in [-0.39, 0.29) is 42.1 Å². The van der Waals surface area contributed by atoms with Crippen molar-refractivity contribution in [3.05, 3.63) is 40.5 Å². The lowest BCUT2D eigenvalue weighted by Crippen LogP contribution is -2.43. The molecule has 2 aliphatic rings. The number of ether oxygens (including phenoxy) is 1. The van der Waals surface area contributed by atoms with Gasteiger partial charge in [0.05, 0.1) is 22.6 Å². The van der Waals surface area contributed by atoms with Crippen molar-refractivity contribution in [2.45, 2.75) is 57.2 Å². The fourth-order valence-electron chi connectivity index (χ4n) is 4.52. The predicted octanol–water partition coefficient (Wildman–Crippen LogP) is 6.72. The van der Waals surface area contributed by atoms with Crippen LogP contribution in [0.15, 0.2) is 24.3 Å². The second-order valence-electron chi connectivity index (χ2n) is 9.48. The third-order valence-corrected chi connectivity index (χ3v) is 7.03. The number of nitrogens with zero attached hydrogens (tertiary/aromatic N) is 2. The van der Waals surface area contributed by atoms with Gasteiger partial charge >= 0.3 is 12.3 Å². The van der Waals surface area contributed by atoms with E-state index in [0.29, 0.717) is 6.07 Å². The molecule has 1 saturated heterocycles. The van der Waals surface area contributed by atoms with Gasteiger partial charge in [0.1, 0.15) is 11.4 Å². The topological polar surface area (TPSA) is 42.4 Å². The lowest BCUT2D eigenvalue weighted by Gasteiger charge is -2.33. The number of piperidine rings is 1. The summed E-state index contributed by atoms with van der Waals surface area (Å²) in [6, 6.07) is 3.44. The zero-order valence-corrected chi connectivity index (χ0v) is 18.9. The number of rotatable bonds is 2. The number of carbonyl (C=O) groups is 1. The van der Waals surface area contributed by atoms with Gasteiger partial charge in [0.15, 0.2) is 0 Å². The minimum Gasteiger partial charge on any atom is -0.444 e. The first kappa shape index (κ1) is 23.8. The number of likely N-dealkylation sites (tertiary alicyclic amines) is 1. The molecule has 180 valence electrons. The minimum atomic E-state index is -4.82. The molecule has 1 atom stereocenters. The number of amides is 1. The molecule has 1 saturated carbocycles. The molecular formula is C22H22F6N2O2S. The molecule has 4 rings (SSSR count). The van der Waals surface area contributed by atoms with Crippen molar-refractivity contribution in [3.8, 4) is 11.3 Å². The van der Waals surface area contributed by atoms with Crippen molar-refractivity contribution in [1.82, 2.24) is 9.27 Å². The van der Waals surface area contributed by atoms with Crippen molar-refractivity contribution in [2.75, 3.05) is 13.1 Å². The zero-order chi connectivity index (χ0) is 24.4. The highest BCUT2D eigenvalue weighted by Crippen LogP contribution is 2.76. The molecule has 1 unspecified atom stereocenters. The van der Waals surface area contributed by atoms with Crippen molar-refractivity contribution in [2.24, 2.45) is 5.41 Å². The molecule has 4 nitrogen and oxygen atoms in total. The van der Waals surface area contributed by atoms with Crippen LogP contribution in [0.4, 0.5) is 31.1 Å². The van der Waals surface area contributed by atoms with Gasteiger partial charge in [0.25, 0.3) is 5.92 Å². The first-order valence-electron chi connectivity index (χ1n) is 10.4. The number of aromatic nitrogens is 1. The van der Waals surface area contributed by atoms with Crippen LogP contribution in [-0.2, 0) is 10.9 Å². The summed E-state index contributed by atoms with van der Waals surface area (Å²) in [7, 11) is 0. The molecule has 1 aliphatic heterocycles. The van der Waals surface area contributed by atoms with Gasteiger partial charge in [-0.25, -0.2) is 18.0 Å². The summed E-state index contributed by atoms with van der Waals surface area (Å²) in [6.45, 7) is 5.35. The lowest BCUT2D eigenvalue weighted by molar-refractivity contribution is -0.137. The van der Waals surface area contributed by atoms with E-state index in [1.807, 2.05) is 0 Å². The van der Waals surface area contributed by atoms with Gasteiger partial charge in [-0.15, -0.1) is 0 Å². The Kier molecular flexibility index (Phi) is 5.50. The first-order chi connectivity index (χ1) is 15.2. The quantitative estimate of drug-likeness (QED) is 0.437. The Labute approximate surface area is 190 Å². The molecular weight excluding hydrogens is 470 g/mol. The Morgan fingerprint density at radius 1 is 1.15 bits per heavy atom. The maximum atomic E-state index is 15.0. The number of benzene rings is 1. The summed E-state index contributed by atoms with van der Waals surface area (Å²) in [4.78, 5) is 13.8. The second kappa shape index (κ2) is 7.61. The molecule has 2 aromatic rings. The summed E-state index contributed by atoms with van der Waals surface area (Å²) in [5.74, 6) is -5.30. The Hall–Kier alpha value is -2.30. The van der Waals surface area contributed by atoms with Crippen LogP contribution in [0.5, 0.6) is 0 Å². The van der Waals surface area contributed by atoms with E-state index in [9.17, 15) is 31.1 Å². The van der Waals surface area contributed by atoms with Crippen LogP contribution in [0.2, 0.25) is 0 Å². The van der Waals surface area contributed by atoms with Crippen molar-refractivity contribution >= 4 is 17.6 Å². The summed E-state index contributed by atoms with van der Waals surface area (Å²) in [6.07, 6.45) is -5.29. The number of halogens is 6. The van der Waals surface area contributed by atoms with Crippen LogP contribution in [-0.4, -0.2) is 40.0 Å². The summed E-state index contributed by atoms with van der Waals surface area (Å²) < 4.78 is 92.7. The Morgan fingerprint density at radius 3 is 2.36 bits per heavy atom. The van der Waals surface area contributed by atoms with Crippen LogP contribution >= 0.6 is 11.5 Å².